The van der Waals surface area contributed by atoms with Gasteiger partial charge in [-0.15, -0.1) is 0 Å². The lowest BCUT2D eigenvalue weighted by Gasteiger charge is -2.40. The maximum absolute atomic E-state index is 11.9. The van der Waals surface area contributed by atoms with Gasteiger partial charge in [0, 0.05) is 5.75 Å². The van der Waals surface area contributed by atoms with Gasteiger partial charge in [-0.05, 0) is 39.4 Å². The molecule has 2 unspecified atom stereocenters. The van der Waals surface area contributed by atoms with Crippen molar-refractivity contribution in [3.63, 3.8) is 0 Å². The van der Waals surface area contributed by atoms with Gasteiger partial charge in [-0.2, -0.15) is 11.8 Å². The first-order valence-corrected chi connectivity index (χ1v) is 7.38. The summed E-state index contributed by atoms with van der Waals surface area (Å²) in [7, 11) is 0. The van der Waals surface area contributed by atoms with Gasteiger partial charge in [0.05, 0.1) is 5.54 Å². The van der Waals surface area contributed by atoms with Crippen molar-refractivity contribution in [1.29, 1.82) is 0 Å². The standard InChI is InChI=1S/C12H22N2O4S/c1-11(2,3)18-10(17)14-12(8(15)9(13)16)5-4-6-19-7-12/h8,15H,4-7H2,1-3H3,(H2,13,16)(H,14,17). The summed E-state index contributed by atoms with van der Waals surface area (Å²) in [4.78, 5) is 23.1. The Morgan fingerprint density at radius 1 is 1.47 bits per heavy atom. The van der Waals surface area contributed by atoms with Crippen LogP contribution in [-0.4, -0.2) is 45.9 Å². The molecule has 1 saturated heterocycles. The van der Waals surface area contributed by atoms with Crippen molar-refractivity contribution in [3.05, 3.63) is 0 Å². The Labute approximate surface area is 117 Å². The van der Waals surface area contributed by atoms with E-state index in [-0.39, 0.29) is 0 Å². The topological polar surface area (TPSA) is 102 Å². The van der Waals surface area contributed by atoms with Gasteiger partial charge in [0.25, 0.3) is 0 Å². The summed E-state index contributed by atoms with van der Waals surface area (Å²) in [6, 6.07) is 0. The zero-order valence-corrected chi connectivity index (χ0v) is 12.4. The molecule has 1 fully saturated rings. The molecule has 6 nitrogen and oxygen atoms in total. The minimum atomic E-state index is -1.41. The van der Waals surface area contributed by atoms with Crippen LogP contribution in [0.2, 0.25) is 0 Å². The number of carbonyl (C=O) groups is 2. The number of hydrogen-bond acceptors (Lipinski definition) is 5. The molecular formula is C12H22N2O4S. The molecular weight excluding hydrogens is 268 g/mol. The van der Waals surface area contributed by atoms with Crippen molar-refractivity contribution in [1.82, 2.24) is 5.32 Å². The zero-order valence-electron chi connectivity index (χ0n) is 11.6. The summed E-state index contributed by atoms with van der Waals surface area (Å²) in [6.45, 7) is 5.25. The fourth-order valence-corrected chi connectivity index (χ4v) is 3.21. The number of aliphatic hydroxyl groups is 1. The van der Waals surface area contributed by atoms with E-state index in [9.17, 15) is 14.7 Å². The van der Waals surface area contributed by atoms with E-state index >= 15 is 0 Å². The van der Waals surface area contributed by atoms with Crippen LogP contribution < -0.4 is 11.1 Å². The molecule has 1 aliphatic rings. The Balaban J connectivity index is 2.80. The predicted molar refractivity (Wildman–Crippen MR) is 73.9 cm³/mol. The molecule has 0 aromatic rings. The number of amides is 2. The first-order chi connectivity index (χ1) is 8.66. The molecule has 0 radical (unpaired) electrons. The van der Waals surface area contributed by atoms with Crippen LogP contribution >= 0.6 is 11.8 Å². The normalized spacial score (nSPS) is 25.5. The van der Waals surface area contributed by atoms with Gasteiger partial charge < -0.3 is 20.9 Å². The third-order valence-corrected chi connectivity index (χ3v) is 4.11. The van der Waals surface area contributed by atoms with Crippen molar-refractivity contribution in [2.75, 3.05) is 11.5 Å². The molecule has 0 bridgehead atoms. The second kappa shape index (κ2) is 6.00. The number of nitrogens with one attached hydrogen (secondary N) is 1. The number of carbonyl (C=O) groups excluding carboxylic acids is 2. The van der Waals surface area contributed by atoms with Crippen LogP contribution in [0.5, 0.6) is 0 Å². The Kier molecular flexibility index (Phi) is 5.09. The Morgan fingerprint density at radius 2 is 2.11 bits per heavy atom. The summed E-state index contributed by atoms with van der Waals surface area (Å²) >= 11 is 1.57. The highest BCUT2D eigenvalue weighted by Crippen LogP contribution is 2.30. The first kappa shape index (κ1) is 16.1. The fraction of sp³-hybridized carbons (Fsp3) is 0.833. The zero-order chi connectivity index (χ0) is 14.7. The van der Waals surface area contributed by atoms with Crippen LogP contribution in [0.15, 0.2) is 0 Å². The molecule has 0 aliphatic carbocycles. The molecule has 0 aromatic carbocycles. The van der Waals surface area contributed by atoms with Crippen LogP contribution in [-0.2, 0) is 9.53 Å². The van der Waals surface area contributed by atoms with E-state index in [1.807, 2.05) is 0 Å². The maximum Gasteiger partial charge on any atom is 0.408 e. The number of ether oxygens (including phenoxy) is 1. The lowest BCUT2D eigenvalue weighted by Crippen LogP contribution is -2.63. The Morgan fingerprint density at radius 3 is 2.53 bits per heavy atom. The predicted octanol–water partition coefficient (Wildman–Crippen LogP) is 0.623. The summed E-state index contributed by atoms with van der Waals surface area (Å²) in [5.74, 6) is 0.540. The number of rotatable bonds is 3. The second-order valence-electron chi connectivity index (χ2n) is 5.74. The average molecular weight is 290 g/mol. The molecule has 0 aromatic heterocycles. The first-order valence-electron chi connectivity index (χ1n) is 6.23. The van der Waals surface area contributed by atoms with Crippen LogP contribution in [0.4, 0.5) is 4.79 Å². The number of nitrogens with two attached hydrogens (primary N) is 1. The Bertz CT molecular complexity index is 348. The molecule has 1 heterocycles. The summed E-state index contributed by atoms with van der Waals surface area (Å²) in [6.07, 6.45) is -0.753. The van der Waals surface area contributed by atoms with Crippen molar-refractivity contribution >= 4 is 23.8 Å². The van der Waals surface area contributed by atoms with Gasteiger partial charge in [0.15, 0.2) is 6.10 Å². The highest BCUT2D eigenvalue weighted by Gasteiger charge is 2.44. The largest absolute Gasteiger partial charge is 0.444 e. The van der Waals surface area contributed by atoms with Gasteiger partial charge in [-0.3, -0.25) is 4.79 Å². The van der Waals surface area contributed by atoms with Crippen molar-refractivity contribution in [2.45, 2.75) is 50.9 Å². The van der Waals surface area contributed by atoms with Gasteiger partial charge in [0.2, 0.25) is 5.91 Å². The molecule has 1 aliphatic heterocycles. The number of hydrogen-bond donors (Lipinski definition) is 3. The highest BCUT2D eigenvalue weighted by molar-refractivity contribution is 7.99. The molecule has 2 amide bonds. The monoisotopic (exact) mass is 290 g/mol. The average Bonchev–Trinajstić information content (AvgIpc) is 2.26. The Hall–Kier alpha value is -0.950. The van der Waals surface area contributed by atoms with E-state index in [4.69, 9.17) is 10.5 Å². The molecule has 0 saturated carbocycles. The number of thioether (sulfide) groups is 1. The van der Waals surface area contributed by atoms with Gasteiger partial charge in [-0.1, -0.05) is 0 Å². The lowest BCUT2D eigenvalue weighted by molar-refractivity contribution is -0.130. The van der Waals surface area contributed by atoms with Gasteiger partial charge >= 0.3 is 6.09 Å². The SMILES string of the molecule is CC(C)(C)OC(=O)NC1(C(O)C(N)=O)CCCSC1. The molecule has 2 atom stereocenters. The van der Waals surface area contributed by atoms with Crippen LogP contribution in [0.1, 0.15) is 33.6 Å². The summed E-state index contributed by atoms with van der Waals surface area (Å²) < 4.78 is 5.17. The highest BCUT2D eigenvalue weighted by atomic mass is 32.2. The van der Waals surface area contributed by atoms with E-state index in [0.29, 0.717) is 12.2 Å². The minimum absolute atomic E-state index is 0.441. The second-order valence-corrected chi connectivity index (χ2v) is 6.85. The van der Waals surface area contributed by atoms with Crippen LogP contribution in [0.25, 0.3) is 0 Å². The minimum Gasteiger partial charge on any atom is -0.444 e. The summed E-state index contributed by atoms with van der Waals surface area (Å²) in [5.41, 5.74) is 3.50. The van der Waals surface area contributed by atoms with Crippen molar-refractivity contribution in [3.8, 4) is 0 Å². The van der Waals surface area contributed by atoms with Crippen LogP contribution in [0.3, 0.4) is 0 Å². The number of aliphatic hydroxyl groups excluding tert-OH is 1. The van der Waals surface area contributed by atoms with E-state index in [2.05, 4.69) is 5.32 Å². The fourth-order valence-electron chi connectivity index (χ4n) is 1.98. The quantitative estimate of drug-likeness (QED) is 0.707. The summed E-state index contributed by atoms with van der Waals surface area (Å²) in [5, 5.41) is 12.6. The third kappa shape index (κ3) is 4.58. The van der Waals surface area contributed by atoms with Crippen molar-refractivity contribution < 1.29 is 19.4 Å². The molecule has 110 valence electrons. The molecule has 19 heavy (non-hydrogen) atoms. The van der Waals surface area contributed by atoms with E-state index in [1.54, 1.807) is 32.5 Å². The molecule has 1 rings (SSSR count). The van der Waals surface area contributed by atoms with E-state index < -0.39 is 29.2 Å². The van der Waals surface area contributed by atoms with E-state index in [1.165, 1.54) is 0 Å². The van der Waals surface area contributed by atoms with Crippen LogP contribution in [0, 0.1) is 0 Å². The van der Waals surface area contributed by atoms with Gasteiger partial charge in [0.1, 0.15) is 5.60 Å². The molecule has 0 spiro atoms. The molecule has 7 heteroatoms. The lowest BCUT2D eigenvalue weighted by atomic mass is 9.88. The van der Waals surface area contributed by atoms with Crippen molar-refractivity contribution in [2.24, 2.45) is 5.73 Å². The molecule has 4 N–H and O–H groups in total. The maximum atomic E-state index is 11.9. The third-order valence-electron chi connectivity index (χ3n) is 2.81. The van der Waals surface area contributed by atoms with E-state index in [0.717, 1.165) is 12.2 Å². The van der Waals surface area contributed by atoms with Gasteiger partial charge in [-0.25, -0.2) is 4.79 Å². The number of alkyl carbamates (subject to hydrolysis) is 1. The smallest absolute Gasteiger partial charge is 0.408 e. The number of primary amides is 1.